The van der Waals surface area contributed by atoms with Crippen LogP contribution < -0.4 is 11.1 Å². The molecule has 3 N–H and O–H groups in total. The molecule has 0 heterocycles. The third-order valence-electron chi connectivity index (χ3n) is 2.77. The molecule has 0 aliphatic carbocycles. The number of carbonyl (C=O) groups excluding carboxylic acids is 1. The van der Waals surface area contributed by atoms with E-state index >= 15 is 0 Å². The molecule has 0 aliphatic heterocycles. The van der Waals surface area contributed by atoms with Gasteiger partial charge in [0.15, 0.2) is 0 Å². The van der Waals surface area contributed by atoms with Gasteiger partial charge in [-0.1, -0.05) is 44.2 Å². The topological polar surface area (TPSA) is 55.1 Å². The molecular weight excluding hydrogens is 248 g/mol. The number of amides is 1. The first-order chi connectivity index (χ1) is 8.63. The summed E-state index contributed by atoms with van der Waals surface area (Å²) in [6.07, 6.45) is 6.24. The zero-order valence-corrected chi connectivity index (χ0v) is 11.6. The van der Waals surface area contributed by atoms with Crippen LogP contribution in [0.2, 0.25) is 5.02 Å². The van der Waals surface area contributed by atoms with E-state index in [0.29, 0.717) is 22.8 Å². The molecule has 0 fully saturated rings. The Morgan fingerprint density at radius 1 is 1.28 bits per heavy atom. The molecule has 4 heteroatoms. The zero-order chi connectivity index (χ0) is 13.4. The van der Waals surface area contributed by atoms with E-state index in [1.165, 1.54) is 19.3 Å². The minimum absolute atomic E-state index is 0.0122. The van der Waals surface area contributed by atoms with Crippen LogP contribution in [0.5, 0.6) is 0 Å². The number of benzene rings is 1. The van der Waals surface area contributed by atoms with Crippen LogP contribution >= 0.6 is 11.6 Å². The van der Waals surface area contributed by atoms with Gasteiger partial charge in [-0.2, -0.15) is 0 Å². The Bertz CT molecular complexity index is 393. The molecule has 0 aromatic heterocycles. The maximum absolute atomic E-state index is 11.7. The highest BCUT2D eigenvalue weighted by Crippen LogP contribution is 2.24. The van der Waals surface area contributed by atoms with E-state index in [1.54, 1.807) is 18.2 Å². The highest BCUT2D eigenvalue weighted by molar-refractivity contribution is 6.34. The van der Waals surface area contributed by atoms with Crippen LogP contribution in [0, 0.1) is 0 Å². The summed E-state index contributed by atoms with van der Waals surface area (Å²) in [4.78, 5) is 11.7. The molecule has 1 aromatic carbocycles. The molecule has 0 spiro atoms. The van der Waals surface area contributed by atoms with Gasteiger partial charge < -0.3 is 11.1 Å². The first-order valence-corrected chi connectivity index (χ1v) is 6.86. The van der Waals surface area contributed by atoms with Crippen molar-refractivity contribution in [1.82, 2.24) is 0 Å². The van der Waals surface area contributed by atoms with Crippen LogP contribution in [0.4, 0.5) is 11.4 Å². The standard InChI is InChI=1S/C14H21ClN2O/c1-2-3-4-5-6-7-14(18)17-13-9-8-11(16)10-12(13)15/h8-10H,2-7,16H2,1H3,(H,17,18). The lowest BCUT2D eigenvalue weighted by Gasteiger charge is -2.07. The predicted molar refractivity (Wildman–Crippen MR) is 77.9 cm³/mol. The van der Waals surface area contributed by atoms with Crippen molar-refractivity contribution in [2.45, 2.75) is 45.4 Å². The fourth-order valence-corrected chi connectivity index (χ4v) is 1.97. The van der Waals surface area contributed by atoms with E-state index in [-0.39, 0.29) is 5.91 Å². The van der Waals surface area contributed by atoms with Crippen molar-refractivity contribution in [1.29, 1.82) is 0 Å². The normalized spacial score (nSPS) is 10.3. The van der Waals surface area contributed by atoms with E-state index in [2.05, 4.69) is 12.2 Å². The molecule has 0 aliphatic rings. The van der Waals surface area contributed by atoms with Gasteiger partial charge in [-0.05, 0) is 24.6 Å². The molecule has 0 atom stereocenters. The van der Waals surface area contributed by atoms with Crippen LogP contribution in [0.25, 0.3) is 0 Å². The highest BCUT2D eigenvalue weighted by atomic mass is 35.5. The molecule has 0 saturated heterocycles. The fourth-order valence-electron chi connectivity index (χ4n) is 1.73. The van der Waals surface area contributed by atoms with Crippen LogP contribution in [0.1, 0.15) is 45.4 Å². The number of carbonyl (C=O) groups is 1. The maximum atomic E-state index is 11.7. The number of anilines is 2. The van der Waals surface area contributed by atoms with E-state index in [1.807, 2.05) is 0 Å². The fraction of sp³-hybridized carbons (Fsp3) is 0.500. The SMILES string of the molecule is CCCCCCCC(=O)Nc1ccc(N)cc1Cl. The summed E-state index contributed by atoms with van der Waals surface area (Å²) in [7, 11) is 0. The lowest BCUT2D eigenvalue weighted by molar-refractivity contribution is -0.116. The summed E-state index contributed by atoms with van der Waals surface area (Å²) in [6.45, 7) is 2.18. The number of hydrogen-bond donors (Lipinski definition) is 2. The Morgan fingerprint density at radius 2 is 2.00 bits per heavy atom. The van der Waals surface area contributed by atoms with Gasteiger partial charge >= 0.3 is 0 Å². The van der Waals surface area contributed by atoms with Gasteiger partial charge in [-0.15, -0.1) is 0 Å². The van der Waals surface area contributed by atoms with Gasteiger partial charge in [0.1, 0.15) is 0 Å². The van der Waals surface area contributed by atoms with Crippen LogP contribution in [-0.2, 0) is 4.79 Å². The van der Waals surface area contributed by atoms with E-state index in [4.69, 9.17) is 17.3 Å². The predicted octanol–water partition coefficient (Wildman–Crippen LogP) is 4.22. The largest absolute Gasteiger partial charge is 0.399 e. The molecule has 1 rings (SSSR count). The van der Waals surface area contributed by atoms with Crippen LogP contribution in [0.3, 0.4) is 0 Å². The number of hydrogen-bond acceptors (Lipinski definition) is 2. The van der Waals surface area contributed by atoms with Gasteiger partial charge in [0.05, 0.1) is 10.7 Å². The minimum Gasteiger partial charge on any atom is -0.399 e. The smallest absolute Gasteiger partial charge is 0.224 e. The molecule has 0 bridgehead atoms. The number of nitrogens with two attached hydrogens (primary N) is 1. The summed E-state index contributed by atoms with van der Waals surface area (Å²) in [5.74, 6) is 0.0122. The van der Waals surface area contributed by atoms with Gasteiger partial charge in [0.25, 0.3) is 0 Å². The van der Waals surface area contributed by atoms with Crippen molar-refractivity contribution in [2.24, 2.45) is 0 Å². The first kappa shape index (κ1) is 14.8. The number of unbranched alkanes of at least 4 members (excludes halogenated alkanes) is 4. The molecule has 0 unspecified atom stereocenters. The van der Waals surface area contributed by atoms with Crippen molar-refractivity contribution in [3.05, 3.63) is 23.2 Å². The third-order valence-corrected chi connectivity index (χ3v) is 3.09. The minimum atomic E-state index is 0.0122. The zero-order valence-electron chi connectivity index (χ0n) is 10.8. The van der Waals surface area contributed by atoms with Crippen LogP contribution in [0.15, 0.2) is 18.2 Å². The second-order valence-corrected chi connectivity index (χ2v) is 4.86. The van der Waals surface area contributed by atoms with E-state index in [0.717, 1.165) is 12.8 Å². The first-order valence-electron chi connectivity index (χ1n) is 6.48. The van der Waals surface area contributed by atoms with Gasteiger partial charge in [0.2, 0.25) is 5.91 Å². The van der Waals surface area contributed by atoms with E-state index < -0.39 is 0 Å². The number of nitrogen functional groups attached to an aromatic ring is 1. The van der Waals surface area contributed by atoms with Crippen molar-refractivity contribution < 1.29 is 4.79 Å². The molecule has 1 aromatic rings. The van der Waals surface area contributed by atoms with E-state index in [9.17, 15) is 4.79 Å². The summed E-state index contributed by atoms with van der Waals surface area (Å²) >= 11 is 5.98. The average molecular weight is 269 g/mol. The Labute approximate surface area is 114 Å². The highest BCUT2D eigenvalue weighted by Gasteiger charge is 2.05. The Hall–Kier alpha value is -1.22. The van der Waals surface area contributed by atoms with Gasteiger partial charge in [0, 0.05) is 12.1 Å². The van der Waals surface area contributed by atoms with Crippen molar-refractivity contribution in [3.8, 4) is 0 Å². The number of halogens is 1. The molecule has 1 amide bonds. The number of rotatable bonds is 7. The Balaban J connectivity index is 2.31. The molecule has 3 nitrogen and oxygen atoms in total. The van der Waals surface area contributed by atoms with Crippen LogP contribution in [-0.4, -0.2) is 5.91 Å². The van der Waals surface area contributed by atoms with Crippen molar-refractivity contribution in [3.63, 3.8) is 0 Å². The Kier molecular flexibility index (Phi) is 6.58. The average Bonchev–Trinajstić information content (AvgIpc) is 2.32. The second kappa shape index (κ2) is 7.98. The number of nitrogens with one attached hydrogen (secondary N) is 1. The van der Waals surface area contributed by atoms with Gasteiger partial charge in [-0.3, -0.25) is 4.79 Å². The summed E-state index contributed by atoms with van der Waals surface area (Å²) < 4.78 is 0. The second-order valence-electron chi connectivity index (χ2n) is 4.45. The molecule has 18 heavy (non-hydrogen) atoms. The Morgan fingerprint density at radius 3 is 2.67 bits per heavy atom. The monoisotopic (exact) mass is 268 g/mol. The van der Waals surface area contributed by atoms with Crippen molar-refractivity contribution >= 4 is 28.9 Å². The molecule has 0 radical (unpaired) electrons. The van der Waals surface area contributed by atoms with Gasteiger partial charge in [-0.25, -0.2) is 0 Å². The molecule has 100 valence electrons. The van der Waals surface area contributed by atoms with Crippen molar-refractivity contribution in [2.75, 3.05) is 11.1 Å². The lowest BCUT2D eigenvalue weighted by Crippen LogP contribution is -2.11. The maximum Gasteiger partial charge on any atom is 0.224 e. The summed E-state index contributed by atoms with van der Waals surface area (Å²) in [5.41, 5.74) is 6.81. The quantitative estimate of drug-likeness (QED) is 0.575. The summed E-state index contributed by atoms with van der Waals surface area (Å²) in [6, 6.07) is 5.09. The molecule has 0 saturated carbocycles. The third kappa shape index (κ3) is 5.41. The lowest BCUT2D eigenvalue weighted by atomic mass is 10.1. The summed E-state index contributed by atoms with van der Waals surface area (Å²) in [5, 5.41) is 3.28. The molecular formula is C14H21ClN2O.